The molecule has 1 atom stereocenters. The molecule has 8 heteroatoms. The highest BCUT2D eigenvalue weighted by atomic mass is 32.1. The molecular weight excluding hydrogens is 243 g/mol. The van der Waals surface area contributed by atoms with E-state index in [9.17, 15) is 18.3 Å². The number of hydrogen-bond acceptors (Lipinski definition) is 3. The maximum Gasteiger partial charge on any atom is 0.438 e. The van der Waals surface area contributed by atoms with Crippen LogP contribution in [0.3, 0.4) is 0 Å². The van der Waals surface area contributed by atoms with Gasteiger partial charge in [0, 0.05) is 12.0 Å². The summed E-state index contributed by atoms with van der Waals surface area (Å²) in [6, 6.07) is 0. The number of halogens is 3. The number of nitrogens with one attached hydrogen (secondary N) is 1. The Balaban J connectivity index is 2.32. The van der Waals surface area contributed by atoms with Crippen molar-refractivity contribution < 1.29 is 18.3 Å². The zero-order chi connectivity index (χ0) is 12.2. The monoisotopic (exact) mass is 255 g/mol. The van der Waals surface area contributed by atoms with Gasteiger partial charge in [-0.1, -0.05) is 0 Å². The van der Waals surface area contributed by atoms with Crippen molar-refractivity contribution in [2.45, 2.75) is 43.1 Å². The number of alkyl halides is 3. The number of hydrogen-bond donors (Lipinski definition) is 3. The summed E-state index contributed by atoms with van der Waals surface area (Å²) in [4.78, 5) is 0. The lowest BCUT2D eigenvalue weighted by Crippen LogP contribution is -2.62. The molecule has 1 spiro atoms. The van der Waals surface area contributed by atoms with Crippen LogP contribution in [0.2, 0.25) is 0 Å². The molecule has 0 amide bonds. The van der Waals surface area contributed by atoms with E-state index in [1.165, 1.54) is 0 Å². The molecule has 16 heavy (non-hydrogen) atoms. The zero-order valence-electron chi connectivity index (χ0n) is 8.34. The van der Waals surface area contributed by atoms with Gasteiger partial charge in [-0.05, 0) is 31.5 Å². The van der Waals surface area contributed by atoms with Crippen LogP contribution in [-0.2, 0) is 0 Å². The minimum atomic E-state index is -4.79. The molecule has 0 aromatic carbocycles. The highest BCUT2D eigenvalue weighted by molar-refractivity contribution is 7.80. The molecule has 1 saturated carbocycles. The maximum atomic E-state index is 12.8. The molecule has 4 nitrogen and oxygen atoms in total. The van der Waals surface area contributed by atoms with Crippen molar-refractivity contribution in [3.05, 3.63) is 0 Å². The lowest BCUT2D eigenvalue weighted by Gasteiger charge is -2.38. The van der Waals surface area contributed by atoms with Crippen molar-refractivity contribution >= 4 is 17.3 Å². The van der Waals surface area contributed by atoms with Crippen LogP contribution in [0.15, 0.2) is 0 Å². The van der Waals surface area contributed by atoms with Gasteiger partial charge in [-0.3, -0.25) is 0 Å². The number of thiocarbonyl (C=S) groups is 1. The Morgan fingerprint density at radius 2 is 2.00 bits per heavy atom. The van der Waals surface area contributed by atoms with Gasteiger partial charge in [0.05, 0.1) is 0 Å². The van der Waals surface area contributed by atoms with E-state index in [4.69, 9.17) is 5.73 Å². The predicted molar refractivity (Wildman–Crippen MR) is 54.0 cm³/mol. The van der Waals surface area contributed by atoms with E-state index < -0.39 is 29.0 Å². The largest absolute Gasteiger partial charge is 0.438 e. The minimum Gasteiger partial charge on any atom is -0.375 e. The quantitative estimate of drug-likeness (QED) is 0.554. The third kappa shape index (κ3) is 1.47. The molecule has 2 aliphatic rings. The number of nitrogens with two attached hydrogens (primary N) is 1. The summed E-state index contributed by atoms with van der Waals surface area (Å²) in [5, 5.41) is 9.71. The van der Waals surface area contributed by atoms with Crippen molar-refractivity contribution in [2.75, 3.05) is 0 Å². The van der Waals surface area contributed by atoms with Gasteiger partial charge >= 0.3 is 6.18 Å². The molecule has 1 aliphatic heterocycles. The predicted octanol–water partition coefficient (Wildman–Crippen LogP) is 0.614. The molecule has 1 unspecified atom stereocenters. The average molecular weight is 255 g/mol. The molecule has 92 valence electrons. The van der Waals surface area contributed by atoms with Crippen molar-refractivity contribution in [2.24, 2.45) is 5.73 Å². The first-order chi connectivity index (χ1) is 7.20. The van der Waals surface area contributed by atoms with E-state index in [0.717, 1.165) is 6.42 Å². The summed E-state index contributed by atoms with van der Waals surface area (Å²) in [5.74, 6) is 0. The van der Waals surface area contributed by atoms with Gasteiger partial charge in [0.2, 0.25) is 0 Å². The number of nitrogens with zero attached hydrogens (tertiary/aromatic N) is 1. The molecule has 0 aromatic heterocycles. The van der Waals surface area contributed by atoms with Crippen LogP contribution in [0.25, 0.3) is 0 Å². The first-order valence-electron chi connectivity index (χ1n) is 4.87. The van der Waals surface area contributed by atoms with Crippen molar-refractivity contribution in [1.82, 2.24) is 10.4 Å². The van der Waals surface area contributed by atoms with E-state index in [0.29, 0.717) is 17.9 Å². The summed E-state index contributed by atoms with van der Waals surface area (Å²) in [6.07, 6.45) is -3.20. The molecule has 1 aliphatic carbocycles. The minimum absolute atomic E-state index is 0.430. The highest BCUT2D eigenvalue weighted by Gasteiger charge is 2.67. The highest BCUT2D eigenvalue weighted by Crippen LogP contribution is 2.49. The van der Waals surface area contributed by atoms with Gasteiger partial charge in [0.15, 0.2) is 5.11 Å². The van der Waals surface area contributed by atoms with E-state index in [1.807, 2.05) is 0 Å². The Kier molecular flexibility index (Phi) is 2.38. The van der Waals surface area contributed by atoms with E-state index in [-0.39, 0.29) is 0 Å². The second-order valence-electron chi connectivity index (χ2n) is 4.41. The van der Waals surface area contributed by atoms with Gasteiger partial charge in [-0.25, -0.2) is 10.4 Å². The van der Waals surface area contributed by atoms with Gasteiger partial charge in [-0.15, -0.1) is 0 Å². The average Bonchev–Trinajstić information content (AvgIpc) is 2.38. The smallest absolute Gasteiger partial charge is 0.375 e. The Hall–Kier alpha value is -0.600. The van der Waals surface area contributed by atoms with E-state index >= 15 is 0 Å². The first-order valence-corrected chi connectivity index (χ1v) is 5.28. The van der Waals surface area contributed by atoms with Crippen LogP contribution >= 0.6 is 12.2 Å². The van der Waals surface area contributed by atoms with Crippen LogP contribution in [-0.4, -0.2) is 32.7 Å². The fraction of sp³-hybridized carbons (Fsp3) is 0.875. The molecule has 1 saturated heterocycles. The maximum absolute atomic E-state index is 12.8. The Bertz CT molecular complexity index is 331. The normalized spacial score (nSPS) is 32.9. The third-order valence-electron chi connectivity index (χ3n) is 3.29. The molecular formula is C8H12F3N3OS. The van der Waals surface area contributed by atoms with Gasteiger partial charge in [-0.2, -0.15) is 13.2 Å². The van der Waals surface area contributed by atoms with Crippen molar-refractivity contribution in [3.63, 3.8) is 0 Å². The van der Waals surface area contributed by atoms with Crippen LogP contribution in [0.5, 0.6) is 0 Å². The first kappa shape index (κ1) is 11.9. The number of aliphatic hydroxyl groups is 1. The topological polar surface area (TPSA) is 61.5 Å². The van der Waals surface area contributed by atoms with Crippen LogP contribution in [0.4, 0.5) is 13.2 Å². The lowest BCUT2D eigenvalue weighted by atomic mass is 9.74. The van der Waals surface area contributed by atoms with Gasteiger partial charge in [0.1, 0.15) is 0 Å². The van der Waals surface area contributed by atoms with Gasteiger partial charge < -0.3 is 10.8 Å². The summed E-state index contributed by atoms with van der Waals surface area (Å²) in [7, 11) is 0. The SMILES string of the molecule is NC(=S)N1NC2(CCC2)CC1(O)C(F)(F)F. The number of hydrazine groups is 1. The number of rotatable bonds is 0. The lowest BCUT2D eigenvalue weighted by molar-refractivity contribution is -0.297. The van der Waals surface area contributed by atoms with E-state index in [1.54, 1.807) is 0 Å². The molecule has 1 heterocycles. The molecule has 0 aromatic rings. The molecule has 4 N–H and O–H groups in total. The Labute approximate surface area is 95.6 Å². The zero-order valence-corrected chi connectivity index (χ0v) is 9.16. The molecule has 0 bridgehead atoms. The summed E-state index contributed by atoms with van der Waals surface area (Å²) in [6.45, 7) is 0. The summed E-state index contributed by atoms with van der Waals surface area (Å²) < 4.78 is 38.4. The third-order valence-corrected chi connectivity index (χ3v) is 3.47. The Morgan fingerprint density at radius 3 is 2.25 bits per heavy atom. The second-order valence-corrected chi connectivity index (χ2v) is 4.83. The fourth-order valence-electron chi connectivity index (χ4n) is 2.28. The van der Waals surface area contributed by atoms with Crippen LogP contribution in [0.1, 0.15) is 25.7 Å². The molecule has 2 fully saturated rings. The van der Waals surface area contributed by atoms with E-state index in [2.05, 4.69) is 17.6 Å². The van der Waals surface area contributed by atoms with Crippen molar-refractivity contribution in [1.29, 1.82) is 0 Å². The second kappa shape index (κ2) is 3.21. The Morgan fingerprint density at radius 1 is 1.44 bits per heavy atom. The standard InChI is InChI=1S/C8H12F3N3OS/c9-8(10,11)7(15)4-6(2-1-3-6)13-14(7)5(12)16/h13,15H,1-4H2,(H2,12,16). The molecule has 0 radical (unpaired) electrons. The van der Waals surface area contributed by atoms with Crippen molar-refractivity contribution in [3.8, 4) is 0 Å². The van der Waals surface area contributed by atoms with Crippen LogP contribution < -0.4 is 11.2 Å². The summed E-state index contributed by atoms with van der Waals surface area (Å²) in [5.41, 5.74) is 4.11. The van der Waals surface area contributed by atoms with Crippen LogP contribution in [0, 0.1) is 0 Å². The fourth-order valence-corrected chi connectivity index (χ4v) is 2.47. The van der Waals surface area contributed by atoms with Gasteiger partial charge in [0.25, 0.3) is 5.72 Å². The molecule has 2 rings (SSSR count). The summed E-state index contributed by atoms with van der Waals surface area (Å²) >= 11 is 4.53.